The van der Waals surface area contributed by atoms with Gasteiger partial charge in [0.25, 0.3) is 0 Å². The predicted molar refractivity (Wildman–Crippen MR) is 132 cm³/mol. The maximum atomic E-state index is 13.8. The van der Waals surface area contributed by atoms with Crippen molar-refractivity contribution in [2.45, 2.75) is 25.8 Å². The van der Waals surface area contributed by atoms with Crippen LogP contribution in [0.25, 0.3) is 0 Å². The van der Waals surface area contributed by atoms with Gasteiger partial charge in [-0.15, -0.1) is 0 Å². The van der Waals surface area contributed by atoms with Crippen LogP contribution >= 0.6 is 0 Å². The number of aryl methyl sites for hydroxylation is 1. The zero-order valence-corrected chi connectivity index (χ0v) is 19.9. The summed E-state index contributed by atoms with van der Waals surface area (Å²) in [4.78, 5) is 15.6. The zero-order valence-electron chi connectivity index (χ0n) is 19.9. The summed E-state index contributed by atoms with van der Waals surface area (Å²) in [5, 5.41) is 3.05. The Labute approximate surface area is 200 Å². The molecule has 4 rings (SSSR count). The monoisotopic (exact) mass is 462 g/mol. The molecule has 0 spiro atoms. The highest BCUT2D eigenvalue weighted by Gasteiger charge is 2.32. The van der Waals surface area contributed by atoms with E-state index in [1.165, 1.54) is 17.2 Å². The summed E-state index contributed by atoms with van der Waals surface area (Å²) in [5.41, 5.74) is 4.00. The first-order chi connectivity index (χ1) is 16.4. The second kappa shape index (κ2) is 10.7. The lowest BCUT2D eigenvalue weighted by Gasteiger charge is -2.37. The third kappa shape index (κ3) is 5.75. The Morgan fingerprint density at radius 2 is 1.79 bits per heavy atom. The van der Waals surface area contributed by atoms with Crippen LogP contribution in [0.2, 0.25) is 0 Å². The van der Waals surface area contributed by atoms with Crippen LogP contribution in [0.15, 0.2) is 66.7 Å². The van der Waals surface area contributed by atoms with Crippen molar-refractivity contribution in [2.24, 2.45) is 5.92 Å². The number of piperidine rings is 1. The minimum absolute atomic E-state index is 0.0335. The molecule has 5 nitrogen and oxygen atoms in total. The van der Waals surface area contributed by atoms with Gasteiger partial charge in [-0.05, 0) is 54.7 Å². The van der Waals surface area contributed by atoms with E-state index in [9.17, 15) is 9.18 Å². The number of amides is 1. The summed E-state index contributed by atoms with van der Waals surface area (Å²) >= 11 is 0. The summed E-state index contributed by atoms with van der Waals surface area (Å²) < 4.78 is 24.4. The first-order valence-electron chi connectivity index (χ1n) is 11.5. The van der Waals surface area contributed by atoms with Crippen LogP contribution < -0.4 is 14.8 Å². The van der Waals surface area contributed by atoms with Crippen molar-refractivity contribution < 1.29 is 18.7 Å². The Bertz CT molecular complexity index is 1150. The predicted octanol–water partition coefficient (Wildman–Crippen LogP) is 5.40. The number of carbonyl (C=O) groups excluding carboxylic acids is 1. The van der Waals surface area contributed by atoms with Gasteiger partial charge in [-0.25, -0.2) is 4.39 Å². The standard InChI is InChI=1S/C28H31FN2O3/c1-19-6-4-8-21(12-19)22-14-23(18-31(17-22)16-20-7-5-9-24(29)13-20)28(32)30-25-10-11-26(33-2)27(15-25)34-3/h4-13,15,22-23H,14,16-18H2,1-3H3,(H,30,32)/t22-,23-/m1/s1. The van der Waals surface area contributed by atoms with Gasteiger partial charge >= 0.3 is 0 Å². The van der Waals surface area contributed by atoms with Crippen LogP contribution in [0.5, 0.6) is 11.5 Å². The Morgan fingerprint density at radius 1 is 1.00 bits per heavy atom. The largest absolute Gasteiger partial charge is 0.493 e. The molecule has 3 aromatic carbocycles. The molecule has 1 heterocycles. The van der Waals surface area contributed by atoms with Crippen LogP contribution in [0.4, 0.5) is 10.1 Å². The van der Waals surface area contributed by atoms with Gasteiger partial charge in [-0.2, -0.15) is 0 Å². The molecule has 0 unspecified atom stereocenters. The second-order valence-corrected chi connectivity index (χ2v) is 8.93. The molecule has 1 fully saturated rings. The topological polar surface area (TPSA) is 50.8 Å². The van der Waals surface area contributed by atoms with E-state index in [2.05, 4.69) is 41.4 Å². The number of hydrogen-bond acceptors (Lipinski definition) is 4. The van der Waals surface area contributed by atoms with Gasteiger partial charge < -0.3 is 14.8 Å². The van der Waals surface area contributed by atoms with E-state index in [0.29, 0.717) is 30.3 Å². The Kier molecular flexibility index (Phi) is 7.48. The van der Waals surface area contributed by atoms with Gasteiger partial charge in [-0.1, -0.05) is 42.0 Å². The number of rotatable bonds is 7. The molecule has 0 bridgehead atoms. The highest BCUT2D eigenvalue weighted by atomic mass is 19.1. The Morgan fingerprint density at radius 3 is 2.53 bits per heavy atom. The molecule has 6 heteroatoms. The number of ether oxygens (including phenoxy) is 2. The summed E-state index contributed by atoms with van der Waals surface area (Å²) in [6.45, 7) is 4.11. The highest BCUT2D eigenvalue weighted by molar-refractivity contribution is 5.93. The van der Waals surface area contributed by atoms with Gasteiger partial charge in [0, 0.05) is 31.4 Å². The number of carbonyl (C=O) groups is 1. The number of halogens is 1. The number of anilines is 1. The summed E-state index contributed by atoms with van der Waals surface area (Å²) in [5.74, 6) is 0.902. The van der Waals surface area contributed by atoms with Crippen LogP contribution in [0.1, 0.15) is 29.0 Å². The van der Waals surface area contributed by atoms with E-state index < -0.39 is 0 Å². The molecule has 178 valence electrons. The summed E-state index contributed by atoms with van der Waals surface area (Å²) in [7, 11) is 3.15. The molecule has 0 radical (unpaired) electrons. The number of likely N-dealkylation sites (tertiary alicyclic amines) is 1. The first kappa shape index (κ1) is 23.8. The van der Waals surface area contributed by atoms with E-state index in [1.54, 1.807) is 38.5 Å². The minimum Gasteiger partial charge on any atom is -0.493 e. The van der Waals surface area contributed by atoms with E-state index >= 15 is 0 Å². The fourth-order valence-electron chi connectivity index (χ4n) is 4.73. The van der Waals surface area contributed by atoms with Gasteiger partial charge in [-0.3, -0.25) is 9.69 Å². The molecule has 1 amide bonds. The van der Waals surface area contributed by atoms with Crippen LogP contribution in [0.3, 0.4) is 0 Å². The highest BCUT2D eigenvalue weighted by Crippen LogP contribution is 2.34. The van der Waals surface area contributed by atoms with E-state index in [1.807, 2.05) is 12.1 Å². The molecule has 1 saturated heterocycles. The third-order valence-electron chi connectivity index (χ3n) is 6.36. The van der Waals surface area contributed by atoms with Crippen LogP contribution in [0, 0.1) is 18.7 Å². The number of benzene rings is 3. The number of hydrogen-bond donors (Lipinski definition) is 1. The lowest BCUT2D eigenvalue weighted by Crippen LogP contribution is -2.43. The van der Waals surface area contributed by atoms with Crippen molar-refractivity contribution in [3.8, 4) is 11.5 Å². The van der Waals surface area contributed by atoms with Gasteiger partial charge in [0.1, 0.15) is 5.82 Å². The van der Waals surface area contributed by atoms with E-state index in [-0.39, 0.29) is 23.6 Å². The molecule has 0 aromatic heterocycles. The zero-order chi connectivity index (χ0) is 24.1. The first-order valence-corrected chi connectivity index (χ1v) is 11.5. The Hall–Kier alpha value is -3.38. The van der Waals surface area contributed by atoms with Gasteiger partial charge in [0.15, 0.2) is 11.5 Å². The molecular weight excluding hydrogens is 431 g/mol. The van der Waals surface area contributed by atoms with Crippen molar-refractivity contribution in [2.75, 3.05) is 32.6 Å². The molecule has 34 heavy (non-hydrogen) atoms. The molecule has 1 aliphatic heterocycles. The molecular formula is C28H31FN2O3. The lowest BCUT2D eigenvalue weighted by molar-refractivity contribution is -0.121. The maximum absolute atomic E-state index is 13.8. The fraction of sp³-hybridized carbons (Fsp3) is 0.321. The van der Waals surface area contributed by atoms with Crippen molar-refractivity contribution >= 4 is 11.6 Å². The second-order valence-electron chi connectivity index (χ2n) is 8.93. The lowest BCUT2D eigenvalue weighted by atomic mass is 9.83. The van der Waals surface area contributed by atoms with Crippen molar-refractivity contribution in [1.82, 2.24) is 4.90 Å². The van der Waals surface area contributed by atoms with Crippen LogP contribution in [-0.4, -0.2) is 38.1 Å². The number of nitrogens with zero attached hydrogens (tertiary/aromatic N) is 1. The molecule has 1 aliphatic rings. The van der Waals surface area contributed by atoms with Crippen molar-refractivity contribution in [3.05, 3.63) is 89.2 Å². The summed E-state index contributed by atoms with van der Waals surface area (Å²) in [6, 6.07) is 20.5. The van der Waals surface area contributed by atoms with E-state index in [4.69, 9.17) is 9.47 Å². The molecule has 0 saturated carbocycles. The van der Waals surface area contributed by atoms with Crippen molar-refractivity contribution in [3.63, 3.8) is 0 Å². The maximum Gasteiger partial charge on any atom is 0.228 e. The fourth-order valence-corrected chi connectivity index (χ4v) is 4.73. The molecule has 0 aliphatic carbocycles. The SMILES string of the molecule is COc1ccc(NC(=O)[C@@H]2C[C@@H](c3cccc(C)c3)CN(Cc3cccc(F)c3)C2)cc1OC. The Balaban J connectivity index is 1.55. The average molecular weight is 463 g/mol. The molecule has 3 aromatic rings. The third-order valence-corrected chi connectivity index (χ3v) is 6.36. The smallest absolute Gasteiger partial charge is 0.228 e. The van der Waals surface area contributed by atoms with Crippen molar-refractivity contribution in [1.29, 1.82) is 0 Å². The number of methoxy groups -OCH3 is 2. The van der Waals surface area contributed by atoms with Crippen LogP contribution in [-0.2, 0) is 11.3 Å². The number of nitrogens with one attached hydrogen (secondary N) is 1. The quantitative estimate of drug-likeness (QED) is 0.511. The minimum atomic E-state index is -0.243. The van der Waals surface area contributed by atoms with Gasteiger partial charge in [0.05, 0.1) is 20.1 Å². The van der Waals surface area contributed by atoms with Gasteiger partial charge in [0.2, 0.25) is 5.91 Å². The molecule has 2 atom stereocenters. The average Bonchev–Trinajstić information content (AvgIpc) is 2.83. The molecule has 1 N–H and O–H groups in total. The van der Waals surface area contributed by atoms with E-state index in [0.717, 1.165) is 18.5 Å². The normalized spacial score (nSPS) is 18.4. The summed E-state index contributed by atoms with van der Waals surface area (Å²) in [6.07, 6.45) is 0.752.